The van der Waals surface area contributed by atoms with E-state index in [2.05, 4.69) is 20.3 Å². The first kappa shape index (κ1) is 21.2. The van der Waals surface area contributed by atoms with Crippen molar-refractivity contribution in [3.63, 3.8) is 0 Å². The molecule has 12 heteroatoms. The number of H-pyrrole nitrogens is 1. The van der Waals surface area contributed by atoms with Crippen LogP contribution in [-0.4, -0.2) is 44.4 Å². The zero-order chi connectivity index (χ0) is 22.9. The Balaban J connectivity index is 1.69. The van der Waals surface area contributed by atoms with Crippen molar-refractivity contribution in [2.75, 3.05) is 7.11 Å². The molecule has 0 saturated carbocycles. The van der Waals surface area contributed by atoms with Crippen molar-refractivity contribution < 1.29 is 31.9 Å². The normalized spacial score (nSPS) is 12.6. The number of rotatable bonds is 6. The fourth-order valence-corrected chi connectivity index (χ4v) is 3.19. The SMILES string of the molecule is COC(=O)C(Cc1cnc[nH]1)NC(=O)c1cn2cc(-c3ccoc3)cc(C(F)(F)F)c2n1. The van der Waals surface area contributed by atoms with Crippen LogP contribution in [0.2, 0.25) is 0 Å². The molecule has 0 radical (unpaired) electrons. The van der Waals surface area contributed by atoms with E-state index >= 15 is 0 Å². The fraction of sp³-hybridized carbons (Fsp3) is 0.200. The van der Waals surface area contributed by atoms with Crippen LogP contribution in [0.4, 0.5) is 13.2 Å². The molecule has 0 saturated heterocycles. The molecule has 0 aromatic carbocycles. The van der Waals surface area contributed by atoms with E-state index in [9.17, 15) is 22.8 Å². The molecule has 4 rings (SSSR count). The molecular weight excluding hydrogens is 431 g/mol. The number of halogens is 3. The van der Waals surface area contributed by atoms with E-state index in [1.54, 1.807) is 0 Å². The average molecular weight is 447 g/mol. The smallest absolute Gasteiger partial charge is 0.420 e. The molecule has 9 nitrogen and oxygen atoms in total. The highest BCUT2D eigenvalue weighted by atomic mass is 19.4. The maximum Gasteiger partial charge on any atom is 0.420 e. The van der Waals surface area contributed by atoms with Gasteiger partial charge in [0.15, 0.2) is 0 Å². The van der Waals surface area contributed by atoms with Gasteiger partial charge in [0.2, 0.25) is 0 Å². The lowest BCUT2D eigenvalue weighted by atomic mass is 10.1. The molecule has 0 aliphatic heterocycles. The van der Waals surface area contributed by atoms with Gasteiger partial charge in [0.1, 0.15) is 17.4 Å². The Morgan fingerprint density at radius 1 is 1.31 bits per heavy atom. The number of amides is 1. The molecule has 4 heterocycles. The number of carbonyl (C=O) groups is 2. The van der Waals surface area contributed by atoms with Crippen LogP contribution in [0, 0.1) is 0 Å². The molecule has 0 fully saturated rings. The van der Waals surface area contributed by atoms with Gasteiger partial charge in [-0.1, -0.05) is 0 Å². The molecule has 4 aromatic heterocycles. The Labute approximate surface area is 178 Å². The van der Waals surface area contributed by atoms with Gasteiger partial charge in [-0.2, -0.15) is 13.2 Å². The number of aromatic nitrogens is 4. The van der Waals surface area contributed by atoms with Gasteiger partial charge in [-0.25, -0.2) is 14.8 Å². The van der Waals surface area contributed by atoms with Crippen molar-refractivity contribution in [1.82, 2.24) is 24.7 Å². The molecule has 1 atom stereocenters. The monoisotopic (exact) mass is 447 g/mol. The number of imidazole rings is 2. The molecule has 0 spiro atoms. The number of furan rings is 1. The second kappa shape index (κ2) is 8.21. The lowest BCUT2D eigenvalue weighted by Crippen LogP contribution is -2.43. The highest BCUT2D eigenvalue weighted by Gasteiger charge is 2.35. The zero-order valence-corrected chi connectivity index (χ0v) is 16.5. The number of methoxy groups -OCH3 is 1. The van der Waals surface area contributed by atoms with E-state index in [-0.39, 0.29) is 17.7 Å². The number of hydrogen-bond donors (Lipinski definition) is 2. The van der Waals surface area contributed by atoms with E-state index < -0.39 is 35.3 Å². The quantitative estimate of drug-likeness (QED) is 0.440. The number of hydrogen-bond acceptors (Lipinski definition) is 6. The number of alkyl halides is 3. The number of aromatic amines is 1. The number of carbonyl (C=O) groups excluding carboxylic acids is 2. The third kappa shape index (κ3) is 4.19. The minimum atomic E-state index is -4.71. The molecule has 166 valence electrons. The van der Waals surface area contributed by atoms with Crippen molar-refractivity contribution in [2.45, 2.75) is 18.6 Å². The molecule has 0 aliphatic rings. The Hall–Kier alpha value is -4.09. The van der Waals surface area contributed by atoms with Crippen LogP contribution in [0.25, 0.3) is 16.8 Å². The van der Waals surface area contributed by atoms with Crippen LogP contribution in [-0.2, 0) is 22.1 Å². The highest BCUT2D eigenvalue weighted by molar-refractivity contribution is 5.96. The molecule has 2 N–H and O–H groups in total. The summed E-state index contributed by atoms with van der Waals surface area (Å²) in [6, 6.07) is 1.36. The maximum absolute atomic E-state index is 13.7. The Morgan fingerprint density at radius 3 is 2.75 bits per heavy atom. The first-order valence-corrected chi connectivity index (χ1v) is 9.24. The third-order valence-electron chi connectivity index (χ3n) is 4.71. The summed E-state index contributed by atoms with van der Waals surface area (Å²) < 4.78 is 51.8. The second-order valence-corrected chi connectivity index (χ2v) is 6.84. The van der Waals surface area contributed by atoms with Crippen molar-refractivity contribution in [2.24, 2.45) is 0 Å². The van der Waals surface area contributed by atoms with E-state index in [0.29, 0.717) is 11.3 Å². The summed E-state index contributed by atoms with van der Waals surface area (Å²) in [6.45, 7) is 0. The number of ether oxygens (including phenoxy) is 1. The van der Waals surface area contributed by atoms with Gasteiger partial charge in [0.05, 0.1) is 31.5 Å². The molecule has 1 amide bonds. The first-order chi connectivity index (χ1) is 15.3. The summed E-state index contributed by atoms with van der Waals surface area (Å²) >= 11 is 0. The van der Waals surface area contributed by atoms with E-state index in [1.807, 2.05) is 0 Å². The second-order valence-electron chi connectivity index (χ2n) is 6.84. The molecule has 0 bridgehead atoms. The fourth-order valence-electron chi connectivity index (χ4n) is 3.19. The van der Waals surface area contributed by atoms with Crippen LogP contribution in [0.3, 0.4) is 0 Å². The predicted octanol–water partition coefficient (Wildman–Crippen LogP) is 2.85. The van der Waals surface area contributed by atoms with Gasteiger partial charge in [0.25, 0.3) is 5.91 Å². The standard InChI is InChI=1S/C20H16F3N5O4/c1-31-19(30)15(5-13-6-24-10-25-13)27-18(29)16-8-28-7-12(11-2-3-32-9-11)4-14(17(28)26-16)20(21,22)23/h2-4,6-10,15H,5H2,1H3,(H,24,25)(H,27,29). The lowest BCUT2D eigenvalue weighted by molar-refractivity contribution is -0.142. The minimum absolute atomic E-state index is 0.0459. The zero-order valence-electron chi connectivity index (χ0n) is 16.5. The Bertz CT molecular complexity index is 1250. The molecule has 0 aliphatic carbocycles. The van der Waals surface area contributed by atoms with Crippen LogP contribution >= 0.6 is 0 Å². The Kier molecular flexibility index (Phi) is 5.43. The lowest BCUT2D eigenvalue weighted by Gasteiger charge is -2.14. The number of esters is 1. The molecular formula is C20H16F3N5O4. The van der Waals surface area contributed by atoms with Crippen molar-refractivity contribution >= 4 is 17.5 Å². The van der Waals surface area contributed by atoms with Gasteiger partial charge in [-0.15, -0.1) is 0 Å². The summed E-state index contributed by atoms with van der Waals surface area (Å²) in [4.78, 5) is 35.3. The largest absolute Gasteiger partial charge is 0.472 e. The molecule has 4 aromatic rings. The van der Waals surface area contributed by atoms with E-state index in [4.69, 9.17) is 9.15 Å². The third-order valence-corrected chi connectivity index (χ3v) is 4.71. The topological polar surface area (TPSA) is 115 Å². The summed E-state index contributed by atoms with van der Waals surface area (Å²) in [6.07, 6.45) is 3.42. The van der Waals surface area contributed by atoms with Crippen molar-refractivity contribution in [3.05, 3.63) is 66.5 Å². The van der Waals surface area contributed by atoms with Crippen LogP contribution in [0.5, 0.6) is 0 Å². The summed E-state index contributed by atoms with van der Waals surface area (Å²) in [7, 11) is 1.16. The number of fused-ring (bicyclic) bond motifs is 1. The molecule has 1 unspecified atom stereocenters. The Morgan fingerprint density at radius 2 is 2.12 bits per heavy atom. The van der Waals surface area contributed by atoms with Gasteiger partial charge in [-0.3, -0.25) is 4.79 Å². The van der Waals surface area contributed by atoms with Gasteiger partial charge < -0.3 is 23.9 Å². The van der Waals surface area contributed by atoms with Crippen LogP contribution < -0.4 is 5.32 Å². The summed E-state index contributed by atoms with van der Waals surface area (Å²) in [5, 5.41) is 2.45. The van der Waals surface area contributed by atoms with Crippen molar-refractivity contribution in [1.29, 1.82) is 0 Å². The van der Waals surface area contributed by atoms with Crippen LogP contribution in [0.1, 0.15) is 21.7 Å². The van der Waals surface area contributed by atoms with Crippen LogP contribution in [0.15, 0.2) is 54.0 Å². The number of nitrogens with zero attached hydrogens (tertiary/aromatic N) is 3. The van der Waals surface area contributed by atoms with Crippen molar-refractivity contribution in [3.8, 4) is 11.1 Å². The summed E-state index contributed by atoms with van der Waals surface area (Å²) in [5.41, 5.74) is -0.537. The average Bonchev–Trinajstić information content (AvgIpc) is 3.52. The van der Waals surface area contributed by atoms with E-state index in [0.717, 1.165) is 23.8 Å². The van der Waals surface area contributed by atoms with Gasteiger partial charge in [-0.05, 0) is 12.1 Å². The minimum Gasteiger partial charge on any atom is -0.472 e. The van der Waals surface area contributed by atoms with Gasteiger partial charge >= 0.3 is 12.1 Å². The highest BCUT2D eigenvalue weighted by Crippen LogP contribution is 2.35. The van der Waals surface area contributed by atoms with E-state index in [1.165, 1.54) is 37.3 Å². The predicted molar refractivity (Wildman–Crippen MR) is 103 cm³/mol. The number of pyridine rings is 1. The molecule has 32 heavy (non-hydrogen) atoms. The maximum atomic E-state index is 13.7. The summed E-state index contributed by atoms with van der Waals surface area (Å²) in [5.74, 6) is -1.56. The van der Waals surface area contributed by atoms with Gasteiger partial charge in [0, 0.05) is 41.8 Å². The number of nitrogens with one attached hydrogen (secondary N) is 2. The first-order valence-electron chi connectivity index (χ1n) is 9.24.